The number of anilines is 1. The van der Waals surface area contributed by atoms with Crippen molar-refractivity contribution in [3.05, 3.63) is 35.9 Å². The molecule has 0 radical (unpaired) electrons. The number of nitrogens with zero attached hydrogens (tertiary/aromatic N) is 5. The van der Waals surface area contributed by atoms with Gasteiger partial charge >= 0.3 is 0 Å². The fraction of sp³-hybridized carbons (Fsp3) is 0.529. The normalized spacial score (nSPS) is 16.6. The molecule has 0 bridgehead atoms. The van der Waals surface area contributed by atoms with E-state index in [9.17, 15) is 4.79 Å². The molecule has 1 amide bonds. The molecule has 2 aromatic heterocycles. The van der Waals surface area contributed by atoms with Gasteiger partial charge in [-0.25, -0.2) is 9.97 Å². The first kappa shape index (κ1) is 17.3. The molecule has 25 heavy (non-hydrogen) atoms. The Morgan fingerprint density at radius 1 is 1.28 bits per heavy atom. The van der Waals surface area contributed by atoms with Crippen molar-refractivity contribution in [2.24, 2.45) is 0 Å². The van der Waals surface area contributed by atoms with E-state index in [4.69, 9.17) is 0 Å². The average molecular weight is 343 g/mol. The summed E-state index contributed by atoms with van der Waals surface area (Å²) in [5, 5.41) is 10.2. The molecule has 0 spiro atoms. The monoisotopic (exact) mass is 343 g/mol. The van der Waals surface area contributed by atoms with Gasteiger partial charge in [-0.05, 0) is 26.0 Å². The molecule has 2 N–H and O–H groups in total. The fourth-order valence-electron chi connectivity index (χ4n) is 3.03. The Balaban J connectivity index is 1.40. The zero-order valence-corrected chi connectivity index (χ0v) is 14.8. The highest BCUT2D eigenvalue weighted by molar-refractivity contribution is 5.78. The van der Waals surface area contributed by atoms with E-state index in [-0.39, 0.29) is 11.9 Å². The molecular formula is C17H25N7O. The summed E-state index contributed by atoms with van der Waals surface area (Å²) in [5.41, 5.74) is 2.01. The van der Waals surface area contributed by atoms with Gasteiger partial charge in [0, 0.05) is 56.7 Å². The lowest BCUT2D eigenvalue weighted by atomic mass is 10.2. The summed E-state index contributed by atoms with van der Waals surface area (Å²) in [4.78, 5) is 25.1. The standard InChI is InChI=1S/C17H25N7O/c1-13(10-15-11-14(2)21-22-15)20-16(25)12-23-6-8-24(9-7-23)17-18-4-3-5-19-17/h3-5,11,13H,6-10,12H2,1-2H3,(H,20,25)(H,21,22)/t13-/m0/s1. The first-order valence-electron chi connectivity index (χ1n) is 8.65. The van der Waals surface area contributed by atoms with Gasteiger partial charge in [0.15, 0.2) is 0 Å². The van der Waals surface area contributed by atoms with Gasteiger partial charge < -0.3 is 10.2 Å². The van der Waals surface area contributed by atoms with E-state index < -0.39 is 0 Å². The van der Waals surface area contributed by atoms with Crippen molar-refractivity contribution >= 4 is 11.9 Å². The molecule has 2 aromatic rings. The number of aromatic nitrogens is 4. The van der Waals surface area contributed by atoms with Crippen LogP contribution in [0.1, 0.15) is 18.3 Å². The molecular weight excluding hydrogens is 318 g/mol. The van der Waals surface area contributed by atoms with E-state index in [2.05, 4.69) is 35.3 Å². The molecule has 1 atom stereocenters. The van der Waals surface area contributed by atoms with E-state index in [0.29, 0.717) is 6.54 Å². The van der Waals surface area contributed by atoms with Gasteiger partial charge in [0.2, 0.25) is 11.9 Å². The van der Waals surface area contributed by atoms with Crippen LogP contribution in [0.2, 0.25) is 0 Å². The summed E-state index contributed by atoms with van der Waals surface area (Å²) in [6.45, 7) is 7.73. The second-order valence-corrected chi connectivity index (χ2v) is 6.53. The second kappa shape index (κ2) is 8.06. The molecule has 1 saturated heterocycles. The number of aromatic amines is 1. The predicted octanol–water partition coefficient (Wildman–Crippen LogP) is 0.378. The highest BCUT2D eigenvalue weighted by Gasteiger charge is 2.21. The Kier molecular flexibility index (Phi) is 5.60. The van der Waals surface area contributed by atoms with Gasteiger partial charge in [-0.15, -0.1) is 0 Å². The van der Waals surface area contributed by atoms with Gasteiger partial charge in [0.25, 0.3) is 0 Å². The topological polar surface area (TPSA) is 90.0 Å². The van der Waals surface area contributed by atoms with E-state index in [1.165, 1.54) is 0 Å². The molecule has 0 saturated carbocycles. The number of hydrogen-bond donors (Lipinski definition) is 2. The lowest BCUT2D eigenvalue weighted by Gasteiger charge is -2.34. The van der Waals surface area contributed by atoms with E-state index in [1.54, 1.807) is 12.4 Å². The molecule has 3 rings (SSSR count). The maximum Gasteiger partial charge on any atom is 0.234 e. The van der Waals surface area contributed by atoms with E-state index >= 15 is 0 Å². The maximum atomic E-state index is 12.2. The van der Waals surface area contributed by atoms with Crippen molar-refractivity contribution < 1.29 is 4.79 Å². The van der Waals surface area contributed by atoms with Crippen LogP contribution >= 0.6 is 0 Å². The number of H-pyrrole nitrogens is 1. The van der Waals surface area contributed by atoms with Crippen LogP contribution < -0.4 is 10.2 Å². The highest BCUT2D eigenvalue weighted by atomic mass is 16.2. The molecule has 0 aromatic carbocycles. The average Bonchev–Trinajstić information content (AvgIpc) is 3.01. The second-order valence-electron chi connectivity index (χ2n) is 6.53. The molecule has 0 aliphatic carbocycles. The van der Waals surface area contributed by atoms with Gasteiger partial charge in [0.1, 0.15) is 0 Å². The van der Waals surface area contributed by atoms with Crippen LogP contribution in [0.3, 0.4) is 0 Å². The zero-order valence-electron chi connectivity index (χ0n) is 14.8. The molecule has 1 aliphatic heterocycles. The summed E-state index contributed by atoms with van der Waals surface area (Å²) in [6.07, 6.45) is 4.24. The Hall–Kier alpha value is -2.48. The Bertz CT molecular complexity index is 679. The third-order valence-corrected chi connectivity index (χ3v) is 4.26. The minimum atomic E-state index is 0.0594. The SMILES string of the molecule is Cc1cc(C[C@H](C)NC(=O)CN2CCN(c3ncccn3)CC2)n[nH]1. The van der Waals surface area contributed by atoms with E-state index in [1.807, 2.05) is 26.0 Å². The molecule has 1 fully saturated rings. The van der Waals surface area contributed by atoms with Crippen LogP contribution in [0.15, 0.2) is 24.5 Å². The zero-order chi connectivity index (χ0) is 17.6. The Morgan fingerprint density at radius 3 is 2.64 bits per heavy atom. The Labute approximate surface area is 147 Å². The highest BCUT2D eigenvalue weighted by Crippen LogP contribution is 2.09. The summed E-state index contributed by atoms with van der Waals surface area (Å²) in [5.74, 6) is 0.818. The minimum absolute atomic E-state index is 0.0594. The van der Waals surface area contributed by atoms with Crippen molar-refractivity contribution in [1.29, 1.82) is 0 Å². The largest absolute Gasteiger partial charge is 0.352 e. The van der Waals surface area contributed by atoms with Crippen molar-refractivity contribution in [1.82, 2.24) is 30.4 Å². The summed E-state index contributed by atoms with van der Waals surface area (Å²) in [6, 6.07) is 3.89. The first-order chi connectivity index (χ1) is 12.1. The molecule has 0 unspecified atom stereocenters. The van der Waals surface area contributed by atoms with Crippen molar-refractivity contribution in [3.63, 3.8) is 0 Å². The van der Waals surface area contributed by atoms with Crippen LogP contribution in [0.5, 0.6) is 0 Å². The molecule has 8 heteroatoms. The molecule has 8 nitrogen and oxygen atoms in total. The third kappa shape index (κ3) is 4.99. The van der Waals surface area contributed by atoms with Crippen LogP contribution in [0.25, 0.3) is 0 Å². The first-order valence-corrected chi connectivity index (χ1v) is 8.65. The summed E-state index contributed by atoms with van der Waals surface area (Å²) >= 11 is 0. The molecule has 1 aliphatic rings. The Morgan fingerprint density at radius 2 is 2.00 bits per heavy atom. The number of carbonyl (C=O) groups excluding carboxylic acids is 1. The van der Waals surface area contributed by atoms with Gasteiger partial charge in [0.05, 0.1) is 12.2 Å². The molecule has 134 valence electrons. The van der Waals surface area contributed by atoms with Crippen LogP contribution in [-0.4, -0.2) is 69.7 Å². The lowest BCUT2D eigenvalue weighted by molar-refractivity contribution is -0.122. The number of carbonyl (C=O) groups is 1. The third-order valence-electron chi connectivity index (χ3n) is 4.26. The summed E-state index contributed by atoms with van der Waals surface area (Å²) < 4.78 is 0. The van der Waals surface area contributed by atoms with Crippen LogP contribution in [0.4, 0.5) is 5.95 Å². The van der Waals surface area contributed by atoms with Crippen LogP contribution in [0, 0.1) is 6.92 Å². The summed E-state index contributed by atoms with van der Waals surface area (Å²) in [7, 11) is 0. The fourth-order valence-corrected chi connectivity index (χ4v) is 3.03. The number of nitrogens with one attached hydrogen (secondary N) is 2. The number of amides is 1. The number of hydrogen-bond acceptors (Lipinski definition) is 6. The van der Waals surface area contributed by atoms with Crippen molar-refractivity contribution in [2.75, 3.05) is 37.6 Å². The molecule has 3 heterocycles. The lowest BCUT2D eigenvalue weighted by Crippen LogP contribution is -2.50. The van der Waals surface area contributed by atoms with E-state index in [0.717, 1.165) is 49.9 Å². The van der Waals surface area contributed by atoms with Gasteiger partial charge in [-0.1, -0.05) is 0 Å². The van der Waals surface area contributed by atoms with Gasteiger partial charge in [-0.2, -0.15) is 5.10 Å². The quantitative estimate of drug-likeness (QED) is 0.788. The predicted molar refractivity (Wildman–Crippen MR) is 95.3 cm³/mol. The minimum Gasteiger partial charge on any atom is -0.352 e. The number of piperazine rings is 1. The van der Waals surface area contributed by atoms with Crippen molar-refractivity contribution in [2.45, 2.75) is 26.3 Å². The van der Waals surface area contributed by atoms with Crippen LogP contribution in [-0.2, 0) is 11.2 Å². The van der Waals surface area contributed by atoms with Crippen molar-refractivity contribution in [3.8, 4) is 0 Å². The number of rotatable bonds is 6. The van der Waals surface area contributed by atoms with Gasteiger partial charge in [-0.3, -0.25) is 14.8 Å². The smallest absolute Gasteiger partial charge is 0.234 e. The number of aryl methyl sites for hydroxylation is 1. The maximum absolute atomic E-state index is 12.2.